The number of amides is 2. The minimum atomic E-state index is -3.29. The number of hydroxylamine groups is 1. The lowest BCUT2D eigenvalue weighted by Gasteiger charge is -2.26. The minimum absolute atomic E-state index is 0.150. The highest BCUT2D eigenvalue weighted by atomic mass is 32.2. The quantitative estimate of drug-likeness (QED) is 0.142. The molecule has 9 heteroatoms. The van der Waals surface area contributed by atoms with Gasteiger partial charge >= 0.3 is 0 Å². The van der Waals surface area contributed by atoms with Gasteiger partial charge in [-0.05, 0) is 101 Å². The van der Waals surface area contributed by atoms with Crippen molar-refractivity contribution in [1.29, 1.82) is 0 Å². The standard InChI is InChI=1S/C33H31NO2S.C7H9NO3S/c1-2-3-11-33(35)34(36)26-9-6-8-24(21-26)31-18-19-32(37-31)25-14-15-28-23(20-25)13-17-29-27-10-5-4-7-22(27)12-16-30(28)29;8-7(9)5-6-3-1-2-4-12(6,10)11/h4-10,13,17-21,36H,2-3,11-12,14-16H2,1H3;1-4,6H,5H2,(H2,8,9). The van der Waals surface area contributed by atoms with Crippen molar-refractivity contribution in [2.75, 3.05) is 5.06 Å². The van der Waals surface area contributed by atoms with Crippen molar-refractivity contribution in [3.05, 3.63) is 124 Å². The fourth-order valence-electron chi connectivity index (χ4n) is 6.62. The summed E-state index contributed by atoms with van der Waals surface area (Å²) in [6, 6.07) is 25.4. The lowest BCUT2D eigenvalue weighted by Crippen LogP contribution is -2.26. The fraction of sp³-hybridized carbons (Fsp3) is 0.250. The van der Waals surface area contributed by atoms with Gasteiger partial charge in [0, 0.05) is 28.0 Å². The van der Waals surface area contributed by atoms with Crippen LogP contribution in [0, 0.1) is 0 Å². The van der Waals surface area contributed by atoms with Crippen LogP contribution in [-0.4, -0.2) is 30.7 Å². The number of hydrogen-bond donors (Lipinski definition) is 2. The number of nitrogens with two attached hydrogens (primary N) is 1. The van der Waals surface area contributed by atoms with Crippen LogP contribution in [0.1, 0.15) is 66.2 Å². The summed E-state index contributed by atoms with van der Waals surface area (Å²) in [6.45, 7) is 2.04. The van der Waals surface area contributed by atoms with Crippen LogP contribution >= 0.6 is 11.3 Å². The van der Waals surface area contributed by atoms with Crippen LogP contribution in [0.3, 0.4) is 0 Å². The Labute approximate surface area is 292 Å². The van der Waals surface area contributed by atoms with Crippen molar-refractivity contribution in [1.82, 2.24) is 0 Å². The molecule has 1 atom stereocenters. The molecule has 49 heavy (non-hydrogen) atoms. The molecule has 0 fully saturated rings. The number of fused-ring (bicyclic) bond motifs is 5. The highest BCUT2D eigenvalue weighted by molar-refractivity contribution is 7.95. The number of unbranched alkanes of at least 4 members (excludes halogenated alkanes) is 1. The predicted molar refractivity (Wildman–Crippen MR) is 199 cm³/mol. The van der Waals surface area contributed by atoms with Gasteiger partial charge in [-0.3, -0.25) is 14.8 Å². The Bertz CT molecular complexity index is 2090. The van der Waals surface area contributed by atoms with Gasteiger partial charge < -0.3 is 5.73 Å². The van der Waals surface area contributed by atoms with Crippen LogP contribution in [0.15, 0.2) is 96.4 Å². The zero-order valence-electron chi connectivity index (χ0n) is 27.5. The third-order valence-corrected chi connectivity index (χ3v) is 12.1. The largest absolute Gasteiger partial charge is 0.370 e. The Morgan fingerprint density at radius 1 is 0.898 bits per heavy atom. The Morgan fingerprint density at radius 3 is 2.49 bits per heavy atom. The summed E-state index contributed by atoms with van der Waals surface area (Å²) in [6.07, 6.45) is 13.1. The molecule has 3 aromatic carbocycles. The summed E-state index contributed by atoms with van der Waals surface area (Å²) in [5.74, 6) is -0.869. The number of primary amides is 1. The molecule has 2 aliphatic carbocycles. The second kappa shape index (κ2) is 14.9. The van der Waals surface area contributed by atoms with Crippen molar-refractivity contribution < 1.29 is 23.2 Å². The van der Waals surface area contributed by atoms with E-state index in [-0.39, 0.29) is 12.3 Å². The molecule has 0 saturated carbocycles. The van der Waals surface area contributed by atoms with Gasteiger partial charge in [0.05, 0.1) is 10.9 Å². The molecule has 3 N–H and O–H groups in total. The number of rotatable bonds is 8. The summed E-state index contributed by atoms with van der Waals surface area (Å²) < 4.78 is 22.3. The molecule has 1 unspecified atom stereocenters. The van der Waals surface area contributed by atoms with Crippen molar-refractivity contribution in [3.8, 4) is 21.6 Å². The first kappa shape index (κ1) is 34.3. The normalized spacial score (nSPS) is 16.7. The van der Waals surface area contributed by atoms with Crippen LogP contribution in [0.25, 0.3) is 33.2 Å². The van der Waals surface area contributed by atoms with Crippen LogP contribution in [0.5, 0.6) is 0 Å². The van der Waals surface area contributed by atoms with E-state index in [4.69, 9.17) is 5.73 Å². The molecule has 0 radical (unpaired) electrons. The number of benzene rings is 3. The zero-order valence-corrected chi connectivity index (χ0v) is 29.1. The van der Waals surface area contributed by atoms with Crippen molar-refractivity contribution >= 4 is 50.3 Å². The maximum Gasteiger partial charge on any atom is 0.250 e. The highest BCUT2D eigenvalue weighted by Crippen LogP contribution is 2.42. The number of aryl methyl sites for hydroxylation is 1. The molecule has 2 amide bonds. The maximum atomic E-state index is 12.3. The summed E-state index contributed by atoms with van der Waals surface area (Å²) in [7, 11) is -3.29. The molecule has 3 aliphatic rings. The monoisotopic (exact) mass is 692 g/mol. The smallest absolute Gasteiger partial charge is 0.250 e. The molecule has 0 spiro atoms. The van der Waals surface area contributed by atoms with Crippen molar-refractivity contribution in [3.63, 3.8) is 0 Å². The van der Waals surface area contributed by atoms with Gasteiger partial charge in [0.15, 0.2) is 9.84 Å². The number of thiophene rings is 1. The summed E-state index contributed by atoms with van der Waals surface area (Å²) in [5.41, 5.74) is 16.5. The van der Waals surface area contributed by atoms with Gasteiger partial charge in [-0.25, -0.2) is 8.42 Å². The Hall–Kier alpha value is -4.57. The summed E-state index contributed by atoms with van der Waals surface area (Å²) in [5, 5.41) is 11.5. The Kier molecular flexibility index (Phi) is 10.4. The van der Waals surface area contributed by atoms with Gasteiger partial charge in [-0.2, -0.15) is 5.06 Å². The van der Waals surface area contributed by atoms with E-state index < -0.39 is 21.0 Å². The van der Waals surface area contributed by atoms with E-state index in [2.05, 4.69) is 54.6 Å². The fourth-order valence-corrected chi connectivity index (χ4v) is 8.89. The van der Waals surface area contributed by atoms with E-state index in [9.17, 15) is 23.2 Å². The van der Waals surface area contributed by atoms with E-state index in [0.29, 0.717) is 12.1 Å². The summed E-state index contributed by atoms with van der Waals surface area (Å²) in [4.78, 5) is 25.2. The number of anilines is 1. The van der Waals surface area contributed by atoms with E-state index >= 15 is 0 Å². The second-order valence-corrected chi connectivity index (χ2v) is 15.7. The topological polar surface area (TPSA) is 118 Å². The molecule has 252 valence electrons. The number of hydrogen-bond acceptors (Lipinski definition) is 6. The van der Waals surface area contributed by atoms with Crippen LogP contribution in [0.2, 0.25) is 0 Å². The SMILES string of the molecule is CCCCC(=O)N(O)c1cccc(-c2ccc(C3=Cc4ccc5c(c4CC3)CCc3ccccc3-5)s2)c1.NC(=O)CC1C=CC=CS1(=O)=O. The predicted octanol–water partition coefficient (Wildman–Crippen LogP) is 8.31. The van der Waals surface area contributed by atoms with Gasteiger partial charge in [0.25, 0.3) is 5.91 Å². The maximum absolute atomic E-state index is 12.3. The highest BCUT2D eigenvalue weighted by Gasteiger charge is 2.24. The molecule has 7 rings (SSSR count). The number of allylic oxidation sites excluding steroid dienone is 3. The molecule has 7 nitrogen and oxygen atoms in total. The molecule has 0 saturated heterocycles. The zero-order chi connectivity index (χ0) is 34.5. The molecule has 4 aromatic rings. The average molecular weight is 693 g/mol. The van der Waals surface area contributed by atoms with Crippen LogP contribution in [0.4, 0.5) is 5.69 Å². The van der Waals surface area contributed by atoms with Crippen molar-refractivity contribution in [2.24, 2.45) is 5.73 Å². The van der Waals surface area contributed by atoms with Gasteiger partial charge in [0.2, 0.25) is 5.91 Å². The average Bonchev–Trinajstić information content (AvgIpc) is 3.61. The first-order chi connectivity index (χ1) is 23.6. The number of sulfone groups is 1. The second-order valence-electron chi connectivity index (χ2n) is 12.5. The third-order valence-electron chi connectivity index (χ3n) is 9.20. The molecular formula is C40H40N2O5S2. The van der Waals surface area contributed by atoms with E-state index in [1.54, 1.807) is 23.5 Å². The van der Waals surface area contributed by atoms with Crippen molar-refractivity contribution in [2.45, 2.75) is 63.5 Å². The lowest BCUT2D eigenvalue weighted by atomic mass is 9.78. The Balaban J connectivity index is 0.000000295. The third kappa shape index (κ3) is 7.69. The number of carbonyl (C=O) groups excluding carboxylic acids is 2. The van der Waals surface area contributed by atoms with E-state index in [1.165, 1.54) is 56.0 Å². The first-order valence-electron chi connectivity index (χ1n) is 16.7. The number of nitrogens with zero attached hydrogens (tertiary/aromatic N) is 1. The van der Waals surface area contributed by atoms with Crippen LogP contribution < -0.4 is 10.8 Å². The van der Waals surface area contributed by atoms with E-state index in [1.807, 2.05) is 25.1 Å². The molecular weight excluding hydrogens is 653 g/mol. The van der Waals surface area contributed by atoms with Gasteiger partial charge in [-0.1, -0.05) is 86.2 Å². The van der Waals surface area contributed by atoms with Crippen LogP contribution in [-0.2, 0) is 38.7 Å². The molecule has 0 bridgehead atoms. The van der Waals surface area contributed by atoms with Gasteiger partial charge in [-0.15, -0.1) is 11.3 Å². The molecule has 1 aliphatic heterocycles. The number of carbonyl (C=O) groups is 2. The Morgan fingerprint density at radius 2 is 1.69 bits per heavy atom. The first-order valence-corrected chi connectivity index (χ1v) is 19.1. The molecule has 1 aromatic heterocycles. The minimum Gasteiger partial charge on any atom is -0.370 e. The summed E-state index contributed by atoms with van der Waals surface area (Å²) >= 11 is 1.78. The lowest BCUT2D eigenvalue weighted by molar-refractivity contribution is -0.123. The molecule has 2 heterocycles. The van der Waals surface area contributed by atoms with E-state index in [0.717, 1.165) is 59.4 Å². The van der Waals surface area contributed by atoms with Gasteiger partial charge in [0.1, 0.15) is 0 Å².